The minimum atomic E-state index is -0.0614. The van der Waals surface area contributed by atoms with E-state index >= 15 is 0 Å². The number of thioether (sulfide) groups is 1. The van der Waals surface area contributed by atoms with Crippen molar-refractivity contribution in [2.75, 3.05) is 18.8 Å². The van der Waals surface area contributed by atoms with Gasteiger partial charge >= 0.3 is 0 Å². The van der Waals surface area contributed by atoms with Crippen molar-refractivity contribution in [1.82, 2.24) is 10.3 Å². The molecule has 0 spiro atoms. The zero-order valence-corrected chi connectivity index (χ0v) is 21.0. The standard InChI is InChI=1S/C29H33N3OS/c1-29(2,3)25-16-14-22(15-17-25)18-30-31-27(33)21-34-26-19-32(20-26)28(23-10-6-4-7-11-23)24-12-8-5-9-13-24/h4-18,26,28H,19-21H2,1-3H3,(H,31,33)/b30-18-. The normalized spacial score (nSPS) is 14.9. The van der Waals surface area contributed by atoms with Crippen molar-refractivity contribution in [3.05, 3.63) is 107 Å². The van der Waals surface area contributed by atoms with Crippen LogP contribution >= 0.6 is 11.8 Å². The first-order valence-electron chi connectivity index (χ1n) is 11.8. The van der Waals surface area contributed by atoms with E-state index in [2.05, 4.69) is 109 Å². The Morgan fingerprint density at radius 1 is 0.971 bits per heavy atom. The van der Waals surface area contributed by atoms with E-state index in [0.29, 0.717) is 11.0 Å². The molecule has 34 heavy (non-hydrogen) atoms. The van der Waals surface area contributed by atoms with Crippen LogP contribution < -0.4 is 5.43 Å². The van der Waals surface area contributed by atoms with Gasteiger partial charge in [-0.15, -0.1) is 11.8 Å². The van der Waals surface area contributed by atoms with Gasteiger partial charge in [0, 0.05) is 18.3 Å². The van der Waals surface area contributed by atoms with Crippen LogP contribution in [-0.2, 0) is 10.2 Å². The first kappa shape index (κ1) is 24.2. The molecule has 0 aliphatic carbocycles. The molecule has 1 aliphatic heterocycles. The summed E-state index contributed by atoms with van der Waals surface area (Å²) in [5, 5.41) is 4.58. The lowest BCUT2D eigenvalue weighted by Gasteiger charge is -2.44. The summed E-state index contributed by atoms with van der Waals surface area (Å²) in [7, 11) is 0. The molecule has 4 nitrogen and oxygen atoms in total. The number of rotatable bonds is 8. The average molecular weight is 472 g/mol. The summed E-state index contributed by atoms with van der Waals surface area (Å²) in [5.74, 6) is 0.355. The summed E-state index contributed by atoms with van der Waals surface area (Å²) < 4.78 is 0. The predicted molar refractivity (Wildman–Crippen MR) is 143 cm³/mol. The van der Waals surface area contributed by atoms with Crippen LogP contribution in [0.25, 0.3) is 0 Å². The third-order valence-corrected chi connectivity index (χ3v) is 7.30. The monoisotopic (exact) mass is 471 g/mol. The maximum absolute atomic E-state index is 12.3. The van der Waals surface area contributed by atoms with Gasteiger partial charge < -0.3 is 0 Å². The van der Waals surface area contributed by atoms with Crippen LogP contribution in [0, 0.1) is 0 Å². The second kappa shape index (κ2) is 11.0. The minimum absolute atomic E-state index is 0.0614. The van der Waals surface area contributed by atoms with Gasteiger partial charge in [0.2, 0.25) is 5.91 Å². The molecular formula is C29H33N3OS. The number of benzene rings is 3. The molecule has 1 aliphatic rings. The van der Waals surface area contributed by atoms with Gasteiger partial charge in [-0.2, -0.15) is 5.10 Å². The maximum atomic E-state index is 12.3. The topological polar surface area (TPSA) is 44.7 Å². The summed E-state index contributed by atoms with van der Waals surface area (Å²) in [5.41, 5.74) is 7.65. The maximum Gasteiger partial charge on any atom is 0.250 e. The fraction of sp³-hybridized carbons (Fsp3) is 0.310. The van der Waals surface area contributed by atoms with E-state index < -0.39 is 0 Å². The van der Waals surface area contributed by atoms with E-state index in [1.54, 1.807) is 18.0 Å². The molecule has 1 N–H and O–H groups in total. The smallest absolute Gasteiger partial charge is 0.250 e. The van der Waals surface area contributed by atoms with Crippen LogP contribution in [0.5, 0.6) is 0 Å². The summed E-state index contributed by atoms with van der Waals surface area (Å²) in [4.78, 5) is 14.7. The number of carbonyl (C=O) groups excluding carboxylic acids is 1. The molecule has 5 heteroatoms. The Morgan fingerprint density at radius 2 is 1.53 bits per heavy atom. The second-order valence-corrected chi connectivity index (χ2v) is 11.1. The molecule has 0 saturated carbocycles. The average Bonchev–Trinajstić information content (AvgIpc) is 2.81. The van der Waals surface area contributed by atoms with E-state index in [9.17, 15) is 4.79 Å². The first-order chi connectivity index (χ1) is 16.4. The molecule has 0 bridgehead atoms. The number of hydrogen-bond acceptors (Lipinski definition) is 4. The number of carbonyl (C=O) groups is 1. The highest BCUT2D eigenvalue weighted by Crippen LogP contribution is 2.35. The molecule has 0 atom stereocenters. The molecule has 1 amide bonds. The summed E-state index contributed by atoms with van der Waals surface area (Å²) >= 11 is 1.71. The number of nitrogens with zero attached hydrogens (tertiary/aromatic N) is 2. The van der Waals surface area contributed by atoms with Crippen LogP contribution in [0.2, 0.25) is 0 Å². The third-order valence-electron chi connectivity index (χ3n) is 6.10. The van der Waals surface area contributed by atoms with Crippen molar-refractivity contribution in [2.24, 2.45) is 5.10 Å². The lowest BCUT2D eigenvalue weighted by Crippen LogP contribution is -2.51. The van der Waals surface area contributed by atoms with Gasteiger partial charge in [0.1, 0.15) is 0 Å². The summed E-state index contributed by atoms with van der Waals surface area (Å²) in [6.45, 7) is 8.52. The van der Waals surface area contributed by atoms with Crippen LogP contribution in [0.1, 0.15) is 49.1 Å². The van der Waals surface area contributed by atoms with Gasteiger partial charge in [-0.1, -0.05) is 106 Å². The van der Waals surface area contributed by atoms with Crippen molar-refractivity contribution in [2.45, 2.75) is 37.5 Å². The first-order valence-corrected chi connectivity index (χ1v) is 12.8. The van der Waals surface area contributed by atoms with Crippen molar-refractivity contribution >= 4 is 23.9 Å². The van der Waals surface area contributed by atoms with Gasteiger partial charge in [-0.25, -0.2) is 5.43 Å². The van der Waals surface area contributed by atoms with Gasteiger partial charge in [0.15, 0.2) is 0 Å². The summed E-state index contributed by atoms with van der Waals surface area (Å²) in [6.07, 6.45) is 1.70. The molecule has 0 aromatic heterocycles. The highest BCUT2D eigenvalue weighted by Gasteiger charge is 2.34. The number of hydrogen-bond donors (Lipinski definition) is 1. The fourth-order valence-corrected chi connectivity index (χ4v) is 5.19. The van der Waals surface area contributed by atoms with Crippen molar-refractivity contribution in [3.8, 4) is 0 Å². The molecule has 0 unspecified atom stereocenters. The molecule has 1 fully saturated rings. The predicted octanol–water partition coefficient (Wildman–Crippen LogP) is 5.64. The van der Waals surface area contributed by atoms with E-state index in [-0.39, 0.29) is 17.4 Å². The lowest BCUT2D eigenvalue weighted by atomic mass is 9.87. The zero-order valence-electron chi connectivity index (χ0n) is 20.1. The SMILES string of the molecule is CC(C)(C)c1ccc(/C=N\NC(=O)CSC2CN(C(c3ccccc3)c3ccccc3)C2)cc1. The van der Waals surface area contributed by atoms with E-state index in [4.69, 9.17) is 0 Å². The van der Waals surface area contributed by atoms with Gasteiger partial charge in [-0.3, -0.25) is 9.69 Å². The molecule has 1 saturated heterocycles. The molecule has 1 heterocycles. The highest BCUT2D eigenvalue weighted by atomic mass is 32.2. The van der Waals surface area contributed by atoms with Crippen LogP contribution in [0.3, 0.4) is 0 Å². The Labute approximate surface area is 207 Å². The number of nitrogens with one attached hydrogen (secondary N) is 1. The molecule has 3 aromatic carbocycles. The number of hydrazone groups is 1. The quantitative estimate of drug-likeness (QED) is 0.341. The Morgan fingerprint density at radius 3 is 2.06 bits per heavy atom. The van der Waals surface area contributed by atoms with Gasteiger partial charge in [0.05, 0.1) is 18.0 Å². The lowest BCUT2D eigenvalue weighted by molar-refractivity contribution is -0.118. The molecule has 0 radical (unpaired) electrons. The molecule has 176 valence electrons. The van der Waals surface area contributed by atoms with Gasteiger partial charge in [-0.05, 0) is 27.7 Å². The Bertz CT molecular complexity index is 1050. The molecular weight excluding hydrogens is 438 g/mol. The second-order valence-electron chi connectivity index (χ2n) is 9.78. The van der Waals surface area contributed by atoms with Crippen molar-refractivity contribution in [1.29, 1.82) is 0 Å². The Kier molecular flexibility index (Phi) is 7.86. The largest absolute Gasteiger partial charge is 0.290 e. The summed E-state index contributed by atoms with van der Waals surface area (Å²) in [6, 6.07) is 29.8. The van der Waals surface area contributed by atoms with E-state index in [1.165, 1.54) is 16.7 Å². The molecule has 3 aromatic rings. The Balaban J connectivity index is 1.24. The Hall–Kier alpha value is -2.89. The van der Waals surface area contributed by atoms with E-state index in [1.807, 2.05) is 12.1 Å². The molecule has 4 rings (SSSR count). The fourth-order valence-electron chi connectivity index (χ4n) is 4.14. The number of likely N-dealkylation sites (tertiary alicyclic amines) is 1. The van der Waals surface area contributed by atoms with Gasteiger partial charge in [0.25, 0.3) is 0 Å². The third kappa shape index (κ3) is 6.37. The van der Waals surface area contributed by atoms with Crippen LogP contribution in [-0.4, -0.2) is 41.1 Å². The number of amides is 1. The van der Waals surface area contributed by atoms with E-state index in [0.717, 1.165) is 18.7 Å². The minimum Gasteiger partial charge on any atom is -0.290 e. The highest BCUT2D eigenvalue weighted by molar-refractivity contribution is 8.00. The van der Waals surface area contributed by atoms with Crippen molar-refractivity contribution in [3.63, 3.8) is 0 Å². The van der Waals surface area contributed by atoms with Crippen LogP contribution in [0.4, 0.5) is 0 Å². The van der Waals surface area contributed by atoms with Crippen LogP contribution in [0.15, 0.2) is 90.0 Å². The van der Waals surface area contributed by atoms with Crippen molar-refractivity contribution < 1.29 is 4.79 Å². The zero-order chi connectivity index (χ0) is 24.0.